The molecule has 2 aromatic rings. The van der Waals surface area contributed by atoms with Gasteiger partial charge >= 0.3 is 0 Å². The normalized spacial score (nSPS) is 14.1. The number of amides is 1. The number of hydrogen-bond donors (Lipinski definition) is 0. The lowest BCUT2D eigenvalue weighted by Crippen LogP contribution is -2.35. The van der Waals surface area contributed by atoms with Crippen LogP contribution in [0.3, 0.4) is 0 Å². The van der Waals surface area contributed by atoms with Crippen LogP contribution in [0.1, 0.15) is 5.69 Å². The van der Waals surface area contributed by atoms with Gasteiger partial charge in [0.15, 0.2) is 6.61 Å². The molecule has 0 bridgehead atoms. The van der Waals surface area contributed by atoms with E-state index in [0.717, 1.165) is 6.07 Å². The number of fused-ring (bicyclic) bond motifs is 1. The Morgan fingerprint density at radius 1 is 1.25 bits per heavy atom. The van der Waals surface area contributed by atoms with E-state index in [1.54, 1.807) is 24.1 Å². The zero-order chi connectivity index (χ0) is 17.1. The van der Waals surface area contributed by atoms with E-state index >= 15 is 0 Å². The minimum atomic E-state index is -0.671. The van der Waals surface area contributed by atoms with Crippen molar-refractivity contribution in [3.63, 3.8) is 0 Å². The van der Waals surface area contributed by atoms with Gasteiger partial charge in [-0.05, 0) is 24.3 Å². The summed E-state index contributed by atoms with van der Waals surface area (Å²) in [6.07, 6.45) is 0. The number of hydrogen-bond acceptors (Lipinski definition) is 4. The number of carbonyl (C=O) groups is 1. The van der Waals surface area contributed by atoms with E-state index in [1.807, 2.05) is 0 Å². The fourth-order valence-electron chi connectivity index (χ4n) is 2.50. The molecule has 126 valence electrons. The van der Waals surface area contributed by atoms with Crippen molar-refractivity contribution >= 4 is 5.91 Å². The molecule has 0 saturated carbocycles. The van der Waals surface area contributed by atoms with Gasteiger partial charge in [0.25, 0.3) is 5.91 Å². The van der Waals surface area contributed by atoms with Gasteiger partial charge in [-0.15, -0.1) is 0 Å². The van der Waals surface area contributed by atoms with E-state index < -0.39 is 11.6 Å². The number of nitrogens with zero attached hydrogens (tertiary/aromatic N) is 2. The molecule has 1 aliphatic rings. The zero-order valence-corrected chi connectivity index (χ0v) is 13.1. The summed E-state index contributed by atoms with van der Waals surface area (Å²) in [6.45, 7) is 0.990. The summed E-state index contributed by atoms with van der Waals surface area (Å²) in [6, 6.07) is 6.50. The maximum absolute atomic E-state index is 13.4. The van der Waals surface area contributed by atoms with Crippen LogP contribution < -0.4 is 4.74 Å². The van der Waals surface area contributed by atoms with Crippen LogP contribution in [0, 0.1) is 11.6 Å². The molecule has 0 spiro atoms. The zero-order valence-electron chi connectivity index (χ0n) is 13.1. The second kappa shape index (κ2) is 6.92. The first-order chi connectivity index (χ1) is 11.6. The van der Waals surface area contributed by atoms with E-state index in [4.69, 9.17) is 9.47 Å². The fraction of sp³-hybridized carbons (Fsp3) is 0.294. The van der Waals surface area contributed by atoms with Gasteiger partial charge in [0.05, 0.1) is 18.8 Å². The average Bonchev–Trinajstić information content (AvgIpc) is 2.70. The van der Waals surface area contributed by atoms with Crippen molar-refractivity contribution in [1.29, 1.82) is 0 Å². The number of rotatable bonds is 4. The molecule has 0 saturated heterocycles. The summed E-state index contributed by atoms with van der Waals surface area (Å²) in [5.74, 6) is -1.02. The molecule has 1 amide bonds. The van der Waals surface area contributed by atoms with E-state index in [1.165, 1.54) is 12.1 Å². The maximum Gasteiger partial charge on any atom is 0.260 e. The molecule has 0 N–H and O–H groups in total. The number of halogens is 2. The molecule has 0 atom stereocenters. The van der Waals surface area contributed by atoms with Crippen LogP contribution in [0.4, 0.5) is 8.78 Å². The first-order valence-corrected chi connectivity index (χ1v) is 7.42. The lowest BCUT2D eigenvalue weighted by atomic mass is 10.1. The summed E-state index contributed by atoms with van der Waals surface area (Å²) in [4.78, 5) is 18.1. The van der Waals surface area contributed by atoms with Crippen molar-refractivity contribution in [3.05, 3.63) is 47.7 Å². The Bertz CT molecular complexity index is 747. The highest BCUT2D eigenvalue weighted by Gasteiger charge is 2.22. The van der Waals surface area contributed by atoms with Crippen LogP contribution in [0.5, 0.6) is 5.75 Å². The third kappa shape index (κ3) is 3.51. The summed E-state index contributed by atoms with van der Waals surface area (Å²) in [5.41, 5.74) is 1.28. The van der Waals surface area contributed by atoms with Gasteiger partial charge in [-0.1, -0.05) is 0 Å². The minimum Gasteiger partial charge on any atom is -0.482 e. The Morgan fingerprint density at radius 2 is 2.00 bits per heavy atom. The summed E-state index contributed by atoms with van der Waals surface area (Å²) < 4.78 is 37.3. The molecule has 1 aromatic carbocycles. The molecule has 2 heterocycles. The highest BCUT2D eigenvalue weighted by Crippen LogP contribution is 2.27. The van der Waals surface area contributed by atoms with Crippen molar-refractivity contribution in [1.82, 2.24) is 9.88 Å². The number of pyridine rings is 1. The lowest BCUT2D eigenvalue weighted by molar-refractivity contribution is -0.133. The molecule has 0 aliphatic carbocycles. The van der Waals surface area contributed by atoms with Gasteiger partial charge in [0.1, 0.15) is 23.1 Å². The monoisotopic (exact) mass is 334 g/mol. The average molecular weight is 334 g/mol. The predicted molar refractivity (Wildman–Crippen MR) is 82.4 cm³/mol. The van der Waals surface area contributed by atoms with Gasteiger partial charge in [-0.3, -0.25) is 4.79 Å². The molecule has 3 rings (SSSR count). The lowest BCUT2D eigenvalue weighted by Gasteiger charge is -2.19. The van der Waals surface area contributed by atoms with Gasteiger partial charge in [-0.2, -0.15) is 0 Å². The second-order valence-corrected chi connectivity index (χ2v) is 5.40. The SMILES string of the molecule is COCCN1Cc2nc(-c3cc(F)cc(F)c3)ccc2OCC1=O. The van der Waals surface area contributed by atoms with Crippen LogP contribution >= 0.6 is 0 Å². The van der Waals surface area contributed by atoms with Crippen molar-refractivity contribution in [2.45, 2.75) is 6.54 Å². The van der Waals surface area contributed by atoms with Crippen LogP contribution in [-0.2, 0) is 16.1 Å². The molecule has 1 aliphatic heterocycles. The molecule has 0 unspecified atom stereocenters. The number of benzene rings is 1. The smallest absolute Gasteiger partial charge is 0.260 e. The molecular formula is C17H16F2N2O3. The van der Waals surface area contributed by atoms with Gasteiger partial charge in [0.2, 0.25) is 0 Å². The maximum atomic E-state index is 13.4. The van der Waals surface area contributed by atoms with E-state index in [9.17, 15) is 13.6 Å². The molecule has 24 heavy (non-hydrogen) atoms. The van der Waals surface area contributed by atoms with Crippen LogP contribution in [0.25, 0.3) is 11.3 Å². The summed E-state index contributed by atoms with van der Waals surface area (Å²) in [5, 5.41) is 0. The summed E-state index contributed by atoms with van der Waals surface area (Å²) >= 11 is 0. The fourth-order valence-corrected chi connectivity index (χ4v) is 2.50. The van der Waals surface area contributed by atoms with Crippen LogP contribution in [0.2, 0.25) is 0 Å². The van der Waals surface area contributed by atoms with Crippen molar-refractivity contribution in [3.8, 4) is 17.0 Å². The Labute approximate surface area is 137 Å². The Balaban J connectivity index is 1.93. The number of methoxy groups -OCH3 is 1. The second-order valence-electron chi connectivity index (χ2n) is 5.40. The predicted octanol–water partition coefficient (Wildman–Crippen LogP) is 2.39. The first-order valence-electron chi connectivity index (χ1n) is 7.42. The Kier molecular flexibility index (Phi) is 4.71. The van der Waals surface area contributed by atoms with Crippen molar-refractivity contribution in [2.24, 2.45) is 0 Å². The molecule has 1 aromatic heterocycles. The highest BCUT2D eigenvalue weighted by molar-refractivity contribution is 5.78. The van der Waals surface area contributed by atoms with Gasteiger partial charge in [-0.25, -0.2) is 13.8 Å². The molecule has 0 radical (unpaired) electrons. The Morgan fingerprint density at radius 3 is 2.71 bits per heavy atom. The van der Waals surface area contributed by atoms with Gasteiger partial charge < -0.3 is 14.4 Å². The summed E-state index contributed by atoms with van der Waals surface area (Å²) in [7, 11) is 1.56. The molecule has 5 nitrogen and oxygen atoms in total. The number of ether oxygens (including phenoxy) is 2. The Hall–Kier alpha value is -2.54. The topological polar surface area (TPSA) is 51.7 Å². The van der Waals surface area contributed by atoms with Crippen molar-refractivity contribution < 1.29 is 23.0 Å². The number of carbonyl (C=O) groups excluding carboxylic acids is 1. The standard InChI is InChI=1S/C17H16F2N2O3/c1-23-5-4-21-9-15-16(24-10-17(21)22)3-2-14(20-15)11-6-12(18)8-13(19)7-11/h2-3,6-8H,4-5,9-10H2,1H3. The van der Waals surface area contributed by atoms with Gasteiger partial charge in [0, 0.05) is 25.3 Å². The number of aromatic nitrogens is 1. The molecule has 7 heteroatoms. The van der Waals surface area contributed by atoms with Crippen LogP contribution in [0.15, 0.2) is 30.3 Å². The van der Waals surface area contributed by atoms with E-state index in [0.29, 0.717) is 35.9 Å². The highest BCUT2D eigenvalue weighted by atomic mass is 19.1. The molecular weight excluding hydrogens is 318 g/mol. The molecule has 0 fully saturated rings. The quantitative estimate of drug-likeness (QED) is 0.862. The minimum absolute atomic E-state index is 0.0770. The first kappa shape index (κ1) is 16.3. The third-order valence-electron chi connectivity index (χ3n) is 3.70. The van der Waals surface area contributed by atoms with Crippen molar-refractivity contribution in [2.75, 3.05) is 26.9 Å². The van der Waals surface area contributed by atoms with E-state index in [-0.39, 0.29) is 19.1 Å². The third-order valence-corrected chi connectivity index (χ3v) is 3.70. The largest absolute Gasteiger partial charge is 0.482 e. The van der Waals surface area contributed by atoms with Crippen LogP contribution in [-0.4, -0.2) is 42.7 Å². The van der Waals surface area contributed by atoms with E-state index in [2.05, 4.69) is 4.98 Å².